The number of hydrogen-bond acceptors (Lipinski definition) is 0. The smallest absolute Gasteiger partial charge is 0.250 e. The number of rotatable bonds is 2. The molecule has 0 heterocycles. The van der Waals surface area contributed by atoms with Gasteiger partial charge >= 0.3 is 18.9 Å². The fraction of sp³-hybridized carbons (Fsp3) is 0.600. The molecule has 0 saturated carbocycles. The van der Waals surface area contributed by atoms with Crippen LogP contribution in [0.2, 0.25) is 0 Å². The molecule has 1 aliphatic carbocycles. The maximum Gasteiger partial charge on any atom is 1.00 e. The van der Waals surface area contributed by atoms with E-state index in [0.717, 1.165) is 0 Å². The van der Waals surface area contributed by atoms with Crippen molar-refractivity contribution in [2.24, 2.45) is 0 Å². The van der Waals surface area contributed by atoms with Gasteiger partial charge in [-0.25, -0.2) is 17.2 Å². The van der Waals surface area contributed by atoms with Crippen LogP contribution in [0.15, 0.2) is 16.7 Å². The summed E-state index contributed by atoms with van der Waals surface area (Å²) in [6.45, 7) is 6.57. The average molecular weight is 142 g/mol. The minimum Gasteiger partial charge on any atom is -0.250 e. The topological polar surface area (TPSA) is 0 Å². The van der Waals surface area contributed by atoms with Gasteiger partial charge in [0.05, 0.1) is 0 Å². The minimum absolute atomic E-state index is 0. The Kier molecular flexibility index (Phi) is 4.89. The molecule has 0 aromatic carbocycles. The van der Waals surface area contributed by atoms with E-state index in [0.29, 0.717) is 0 Å². The normalized spacial score (nSPS) is 16.5. The van der Waals surface area contributed by atoms with Crippen molar-refractivity contribution < 1.29 is 18.9 Å². The summed E-state index contributed by atoms with van der Waals surface area (Å²) in [5.74, 6) is 0. The summed E-state index contributed by atoms with van der Waals surface area (Å²) in [6, 6.07) is 0. The van der Waals surface area contributed by atoms with E-state index in [-0.39, 0.29) is 18.9 Å². The first kappa shape index (κ1) is 11.1. The summed E-state index contributed by atoms with van der Waals surface area (Å²) in [7, 11) is 0. The zero-order chi connectivity index (χ0) is 7.56. The Hall–Kier alpha value is 0.0774. The summed E-state index contributed by atoms with van der Waals surface area (Å²) >= 11 is 0. The van der Waals surface area contributed by atoms with Crippen molar-refractivity contribution in [2.75, 3.05) is 0 Å². The van der Waals surface area contributed by atoms with E-state index < -0.39 is 0 Å². The van der Waals surface area contributed by atoms with Gasteiger partial charge in [-0.05, 0) is 0 Å². The molecule has 0 aromatic rings. The van der Waals surface area contributed by atoms with E-state index in [9.17, 15) is 0 Å². The second-order valence-electron chi connectivity index (χ2n) is 3.06. The Morgan fingerprint density at radius 1 is 1.36 bits per heavy atom. The quantitative estimate of drug-likeness (QED) is 0.383. The van der Waals surface area contributed by atoms with Crippen LogP contribution in [-0.4, -0.2) is 0 Å². The molecule has 0 aliphatic heterocycles. The first-order chi connectivity index (χ1) is 4.74. The van der Waals surface area contributed by atoms with Crippen LogP contribution in [0.1, 0.15) is 40.0 Å². The molecule has 1 rings (SSSR count). The summed E-state index contributed by atoms with van der Waals surface area (Å²) in [4.78, 5) is 0. The van der Waals surface area contributed by atoms with Gasteiger partial charge in [-0.15, -0.1) is 6.92 Å². The Balaban J connectivity index is 0.000001000. The van der Waals surface area contributed by atoms with E-state index in [1.54, 1.807) is 0 Å². The van der Waals surface area contributed by atoms with Crippen molar-refractivity contribution in [2.45, 2.75) is 40.0 Å². The molecule has 0 radical (unpaired) electrons. The third kappa shape index (κ3) is 2.89. The van der Waals surface area contributed by atoms with Gasteiger partial charge in [0.25, 0.3) is 0 Å². The second kappa shape index (κ2) is 4.86. The van der Waals surface area contributed by atoms with Crippen LogP contribution in [0.25, 0.3) is 0 Å². The van der Waals surface area contributed by atoms with Gasteiger partial charge < -0.3 is 0 Å². The molecule has 0 amide bonds. The standard InChI is InChI=1S/C10H15.Li/c1-4-5-10-6-8(2)9(3)7-10;/h4-6H2,1-3H3;/q-1;+1. The Labute approximate surface area is 81.9 Å². The molecular formula is C10H15Li. The van der Waals surface area contributed by atoms with Crippen molar-refractivity contribution in [1.29, 1.82) is 0 Å². The summed E-state index contributed by atoms with van der Waals surface area (Å²) in [5, 5.41) is 0. The predicted molar refractivity (Wildman–Crippen MR) is 44.7 cm³/mol. The van der Waals surface area contributed by atoms with Crippen LogP contribution in [0.5, 0.6) is 0 Å². The van der Waals surface area contributed by atoms with Crippen LogP contribution in [0.3, 0.4) is 0 Å². The largest absolute Gasteiger partial charge is 1.00 e. The molecule has 0 unspecified atom stereocenters. The third-order valence-corrected chi connectivity index (χ3v) is 2.03. The zero-order valence-corrected chi connectivity index (χ0v) is 8.12. The van der Waals surface area contributed by atoms with Crippen LogP contribution in [0, 0.1) is 6.08 Å². The number of hydrogen-bond donors (Lipinski definition) is 0. The first-order valence-corrected chi connectivity index (χ1v) is 4.02. The van der Waals surface area contributed by atoms with Gasteiger partial charge in [0.15, 0.2) is 0 Å². The molecule has 1 heteroatoms. The van der Waals surface area contributed by atoms with Gasteiger partial charge in [0.1, 0.15) is 0 Å². The molecule has 11 heavy (non-hydrogen) atoms. The van der Waals surface area contributed by atoms with E-state index in [1.807, 2.05) is 0 Å². The molecule has 0 saturated heterocycles. The Morgan fingerprint density at radius 3 is 2.36 bits per heavy atom. The summed E-state index contributed by atoms with van der Waals surface area (Å²) < 4.78 is 0. The maximum atomic E-state index is 3.40. The van der Waals surface area contributed by atoms with Crippen molar-refractivity contribution in [3.8, 4) is 0 Å². The van der Waals surface area contributed by atoms with E-state index in [4.69, 9.17) is 0 Å². The predicted octanol–water partition coefficient (Wildman–Crippen LogP) is 0.260. The van der Waals surface area contributed by atoms with E-state index >= 15 is 0 Å². The van der Waals surface area contributed by atoms with Gasteiger partial charge in [-0.1, -0.05) is 33.1 Å². The molecule has 0 spiro atoms. The third-order valence-electron chi connectivity index (χ3n) is 2.03. The van der Waals surface area contributed by atoms with Crippen molar-refractivity contribution >= 4 is 0 Å². The molecule has 0 nitrogen and oxygen atoms in total. The molecule has 0 aromatic heterocycles. The Morgan fingerprint density at radius 2 is 2.00 bits per heavy atom. The molecule has 0 bridgehead atoms. The average Bonchev–Trinajstić information content (AvgIpc) is 2.14. The van der Waals surface area contributed by atoms with Crippen molar-refractivity contribution in [3.05, 3.63) is 22.8 Å². The molecular weight excluding hydrogens is 127 g/mol. The maximum absolute atomic E-state index is 3.40. The van der Waals surface area contributed by atoms with E-state index in [2.05, 4.69) is 26.8 Å². The molecule has 0 fully saturated rings. The minimum atomic E-state index is 0. The first-order valence-electron chi connectivity index (χ1n) is 4.02. The number of allylic oxidation sites excluding steroid dienone is 4. The summed E-state index contributed by atoms with van der Waals surface area (Å²) in [6.07, 6.45) is 7.06. The van der Waals surface area contributed by atoms with Crippen molar-refractivity contribution in [3.63, 3.8) is 0 Å². The Bertz CT molecular complexity index is 187. The van der Waals surface area contributed by atoms with Gasteiger partial charge in [0.2, 0.25) is 0 Å². The van der Waals surface area contributed by atoms with Crippen LogP contribution < -0.4 is 18.9 Å². The summed E-state index contributed by atoms with van der Waals surface area (Å²) in [5.41, 5.74) is 4.37. The van der Waals surface area contributed by atoms with Crippen molar-refractivity contribution in [1.82, 2.24) is 0 Å². The van der Waals surface area contributed by atoms with Crippen LogP contribution in [0.4, 0.5) is 0 Å². The van der Waals surface area contributed by atoms with Gasteiger partial charge in [-0.3, -0.25) is 0 Å². The molecule has 1 aliphatic rings. The molecule has 56 valence electrons. The molecule has 0 atom stereocenters. The monoisotopic (exact) mass is 142 g/mol. The van der Waals surface area contributed by atoms with Crippen LogP contribution in [-0.2, 0) is 0 Å². The second-order valence-corrected chi connectivity index (χ2v) is 3.06. The SMILES string of the molecule is CCCC1=[C-]C(C)=C(C)C1.[Li+]. The molecule has 0 N–H and O–H groups in total. The fourth-order valence-electron chi connectivity index (χ4n) is 1.32. The van der Waals surface area contributed by atoms with Crippen LogP contribution >= 0.6 is 0 Å². The zero-order valence-electron chi connectivity index (χ0n) is 8.12. The van der Waals surface area contributed by atoms with E-state index in [1.165, 1.54) is 36.0 Å². The van der Waals surface area contributed by atoms with Gasteiger partial charge in [0, 0.05) is 0 Å². The van der Waals surface area contributed by atoms with Gasteiger partial charge in [-0.2, -0.15) is 5.57 Å². The fourth-order valence-corrected chi connectivity index (χ4v) is 1.32.